The number of benzene rings is 2. The van der Waals surface area contributed by atoms with Crippen molar-refractivity contribution in [2.75, 3.05) is 6.54 Å². The molecule has 0 radical (unpaired) electrons. The summed E-state index contributed by atoms with van der Waals surface area (Å²) in [5.74, 6) is 1.58. The van der Waals surface area contributed by atoms with Crippen LogP contribution in [0.2, 0.25) is 0 Å². The smallest absolute Gasteiger partial charge is 0.160 e. The van der Waals surface area contributed by atoms with Crippen molar-refractivity contribution in [3.05, 3.63) is 79.0 Å². The zero-order chi connectivity index (χ0) is 17.3. The van der Waals surface area contributed by atoms with E-state index in [1.165, 1.54) is 0 Å². The highest BCUT2D eigenvalue weighted by Gasteiger charge is 2.19. The van der Waals surface area contributed by atoms with Crippen molar-refractivity contribution in [2.45, 2.75) is 0 Å². The van der Waals surface area contributed by atoms with Gasteiger partial charge in [0.1, 0.15) is 5.84 Å². The number of hydrogen-bond acceptors (Lipinski definition) is 5. The van der Waals surface area contributed by atoms with Crippen molar-refractivity contribution < 1.29 is 0 Å². The Labute approximate surface area is 150 Å². The van der Waals surface area contributed by atoms with Gasteiger partial charge in [-0.3, -0.25) is 4.98 Å². The average Bonchev–Trinajstić information content (AvgIpc) is 2.73. The van der Waals surface area contributed by atoms with Crippen LogP contribution in [0.4, 0.5) is 0 Å². The molecule has 0 atom stereocenters. The minimum atomic E-state index is 0.701. The van der Waals surface area contributed by atoms with E-state index in [0.29, 0.717) is 5.82 Å². The predicted molar refractivity (Wildman–Crippen MR) is 104 cm³/mol. The molecule has 0 bridgehead atoms. The summed E-state index contributed by atoms with van der Waals surface area (Å²) in [6.45, 7) is 0.767. The van der Waals surface area contributed by atoms with E-state index in [0.717, 1.165) is 45.1 Å². The largest absolute Gasteiger partial charge is 0.366 e. The normalized spacial score (nSPS) is 13.6. The second kappa shape index (κ2) is 6.04. The van der Waals surface area contributed by atoms with Crippen molar-refractivity contribution in [3.63, 3.8) is 0 Å². The summed E-state index contributed by atoms with van der Waals surface area (Å²) in [7, 11) is 0. The highest BCUT2D eigenvalue weighted by atomic mass is 15.0. The monoisotopic (exact) mass is 337 g/mol. The highest BCUT2D eigenvalue weighted by molar-refractivity contribution is 6.25. The van der Waals surface area contributed by atoms with Crippen LogP contribution in [0, 0.1) is 0 Å². The van der Waals surface area contributed by atoms with E-state index in [9.17, 15) is 0 Å². The second-order valence-electron chi connectivity index (χ2n) is 6.03. The lowest BCUT2D eigenvalue weighted by molar-refractivity contribution is 1.01. The van der Waals surface area contributed by atoms with Gasteiger partial charge >= 0.3 is 0 Å². The van der Waals surface area contributed by atoms with E-state index < -0.39 is 0 Å². The van der Waals surface area contributed by atoms with Gasteiger partial charge in [-0.25, -0.2) is 15.0 Å². The maximum Gasteiger partial charge on any atom is 0.160 e. The lowest BCUT2D eigenvalue weighted by Gasteiger charge is -2.18. The molecule has 3 heterocycles. The van der Waals surface area contributed by atoms with Crippen LogP contribution in [-0.2, 0) is 0 Å². The SMILES string of the molecule is C1=CN=C(c2c3ccccc3c(-c3ncccn3)c3cnccc23)NC1. The molecule has 4 aromatic rings. The van der Waals surface area contributed by atoms with Crippen molar-refractivity contribution in [3.8, 4) is 11.4 Å². The van der Waals surface area contributed by atoms with E-state index in [4.69, 9.17) is 0 Å². The number of pyridine rings is 1. The quantitative estimate of drug-likeness (QED) is 0.566. The molecule has 2 aromatic heterocycles. The molecule has 0 saturated carbocycles. The Morgan fingerprint density at radius 2 is 1.54 bits per heavy atom. The molecule has 26 heavy (non-hydrogen) atoms. The van der Waals surface area contributed by atoms with Crippen LogP contribution in [-0.4, -0.2) is 27.3 Å². The molecular weight excluding hydrogens is 322 g/mol. The standard InChI is InChI=1S/C21H15N5/c1-2-6-15-14(5-1)18(20-23-8-3-9-24-20)16-7-12-22-13-17(16)19(15)21-25-10-4-11-26-21/h1-8,10-13H,9H2,(H,23,24). The van der Waals surface area contributed by atoms with Crippen LogP contribution in [0.5, 0.6) is 0 Å². The Kier molecular flexibility index (Phi) is 3.42. The molecule has 1 aliphatic heterocycles. The number of nitrogens with zero attached hydrogens (tertiary/aromatic N) is 4. The lowest BCUT2D eigenvalue weighted by Crippen LogP contribution is -2.27. The fourth-order valence-corrected chi connectivity index (χ4v) is 3.48. The maximum atomic E-state index is 4.58. The first-order valence-corrected chi connectivity index (χ1v) is 8.46. The van der Waals surface area contributed by atoms with Gasteiger partial charge in [-0.2, -0.15) is 0 Å². The molecule has 124 valence electrons. The Bertz CT molecular complexity index is 1120. The third kappa shape index (κ3) is 2.25. The topological polar surface area (TPSA) is 63.1 Å². The number of aliphatic imine (C=N–C) groups is 1. The van der Waals surface area contributed by atoms with Gasteiger partial charge < -0.3 is 5.32 Å². The van der Waals surface area contributed by atoms with Crippen LogP contribution in [0.1, 0.15) is 5.56 Å². The van der Waals surface area contributed by atoms with E-state index in [-0.39, 0.29) is 0 Å². The number of fused-ring (bicyclic) bond motifs is 2. The van der Waals surface area contributed by atoms with Gasteiger partial charge in [0.05, 0.1) is 0 Å². The van der Waals surface area contributed by atoms with Gasteiger partial charge in [0.2, 0.25) is 0 Å². The minimum absolute atomic E-state index is 0.701. The van der Waals surface area contributed by atoms with Gasteiger partial charge in [-0.1, -0.05) is 24.3 Å². The van der Waals surface area contributed by atoms with Gasteiger partial charge in [0.25, 0.3) is 0 Å². The van der Waals surface area contributed by atoms with Crippen LogP contribution in [0.15, 0.2) is 78.5 Å². The van der Waals surface area contributed by atoms with Crippen LogP contribution < -0.4 is 5.32 Å². The summed E-state index contributed by atoms with van der Waals surface area (Å²) in [5, 5.41) is 7.71. The summed E-state index contributed by atoms with van der Waals surface area (Å²) in [5.41, 5.74) is 2.09. The Hall–Kier alpha value is -3.60. The Morgan fingerprint density at radius 1 is 0.769 bits per heavy atom. The molecule has 5 rings (SSSR count). The summed E-state index contributed by atoms with van der Waals surface area (Å²) in [6, 6.07) is 12.2. The number of rotatable bonds is 2. The Morgan fingerprint density at radius 3 is 2.31 bits per heavy atom. The van der Waals surface area contributed by atoms with Crippen LogP contribution in [0.3, 0.4) is 0 Å². The zero-order valence-electron chi connectivity index (χ0n) is 13.9. The molecule has 0 spiro atoms. The van der Waals surface area contributed by atoms with Crippen molar-refractivity contribution in [1.82, 2.24) is 20.3 Å². The highest BCUT2D eigenvalue weighted by Crippen LogP contribution is 2.37. The van der Waals surface area contributed by atoms with Gasteiger partial charge in [-0.05, 0) is 34.4 Å². The average molecular weight is 337 g/mol. The van der Waals surface area contributed by atoms with Gasteiger partial charge in [-0.15, -0.1) is 0 Å². The van der Waals surface area contributed by atoms with Gasteiger partial charge in [0.15, 0.2) is 5.82 Å². The maximum absolute atomic E-state index is 4.58. The first-order chi connectivity index (χ1) is 12.9. The fraction of sp³-hybridized carbons (Fsp3) is 0.0476. The number of amidine groups is 1. The molecular formula is C21H15N5. The van der Waals surface area contributed by atoms with Crippen LogP contribution >= 0.6 is 0 Å². The summed E-state index contributed by atoms with van der Waals surface area (Å²) in [6.07, 6.45) is 11.1. The molecule has 0 unspecified atom stereocenters. The van der Waals surface area contributed by atoms with E-state index in [1.807, 2.05) is 48.9 Å². The molecule has 1 N–H and O–H groups in total. The lowest BCUT2D eigenvalue weighted by atomic mass is 9.91. The first-order valence-electron chi connectivity index (χ1n) is 8.46. The molecule has 5 heteroatoms. The van der Waals surface area contributed by atoms with Crippen LogP contribution in [0.25, 0.3) is 32.9 Å². The summed E-state index contributed by atoms with van der Waals surface area (Å²) >= 11 is 0. The third-order valence-electron chi connectivity index (χ3n) is 4.55. The molecule has 0 aliphatic carbocycles. The zero-order valence-corrected chi connectivity index (χ0v) is 13.9. The predicted octanol–water partition coefficient (Wildman–Crippen LogP) is 3.71. The molecule has 0 fully saturated rings. The van der Waals surface area contributed by atoms with E-state index in [2.05, 4.69) is 37.4 Å². The third-order valence-corrected chi connectivity index (χ3v) is 4.55. The number of nitrogens with one attached hydrogen (secondary N) is 1. The minimum Gasteiger partial charge on any atom is -0.366 e. The molecule has 5 nitrogen and oxygen atoms in total. The van der Waals surface area contributed by atoms with Crippen molar-refractivity contribution in [2.24, 2.45) is 4.99 Å². The Balaban J connectivity index is 1.98. The van der Waals surface area contributed by atoms with Crippen molar-refractivity contribution >= 4 is 27.4 Å². The molecule has 2 aromatic carbocycles. The summed E-state index contributed by atoms with van der Waals surface area (Å²) in [4.78, 5) is 17.9. The number of hydrogen-bond donors (Lipinski definition) is 1. The molecule has 0 saturated heterocycles. The summed E-state index contributed by atoms with van der Waals surface area (Å²) < 4.78 is 0. The molecule has 0 amide bonds. The van der Waals surface area contributed by atoms with E-state index >= 15 is 0 Å². The molecule has 1 aliphatic rings. The second-order valence-corrected chi connectivity index (χ2v) is 6.03. The van der Waals surface area contributed by atoms with E-state index in [1.54, 1.807) is 12.4 Å². The fourth-order valence-electron chi connectivity index (χ4n) is 3.48. The van der Waals surface area contributed by atoms with Gasteiger partial charge in [0, 0.05) is 54.0 Å². The number of aromatic nitrogens is 3. The van der Waals surface area contributed by atoms with Crippen molar-refractivity contribution in [1.29, 1.82) is 0 Å². The first kappa shape index (κ1) is 14.7.